The number of aromatic nitrogens is 1. The van der Waals surface area contributed by atoms with E-state index >= 15 is 0 Å². The normalized spacial score (nSPS) is 10.3. The van der Waals surface area contributed by atoms with Gasteiger partial charge in [0.15, 0.2) is 5.96 Å². The fraction of sp³-hybridized carbons (Fsp3) is 0.167. The van der Waals surface area contributed by atoms with Gasteiger partial charge in [-0.05, 0) is 24.3 Å². The van der Waals surface area contributed by atoms with Crippen LogP contribution >= 0.6 is 0 Å². The quantitative estimate of drug-likeness (QED) is 0.630. The molecule has 0 spiro atoms. The van der Waals surface area contributed by atoms with Gasteiger partial charge in [-0.15, -0.1) is 0 Å². The summed E-state index contributed by atoms with van der Waals surface area (Å²) in [5.74, 6) is 0.213. The second-order valence-corrected chi connectivity index (χ2v) is 3.71. The van der Waals surface area contributed by atoms with Crippen LogP contribution in [0, 0.1) is 5.82 Å². The van der Waals surface area contributed by atoms with Gasteiger partial charge in [0.2, 0.25) is 5.89 Å². The number of nitrogens with two attached hydrogens (primary N) is 2. The first-order valence-corrected chi connectivity index (χ1v) is 5.41. The van der Waals surface area contributed by atoms with Crippen molar-refractivity contribution in [3.05, 3.63) is 42.0 Å². The zero-order chi connectivity index (χ0) is 13.0. The van der Waals surface area contributed by atoms with Crippen LogP contribution in [0.15, 0.2) is 39.9 Å². The molecule has 0 fully saturated rings. The molecule has 0 unspecified atom stereocenters. The fourth-order valence-electron chi connectivity index (χ4n) is 1.45. The average Bonchev–Trinajstić information content (AvgIpc) is 2.78. The molecular weight excluding hydrogens is 235 g/mol. The molecule has 18 heavy (non-hydrogen) atoms. The Morgan fingerprint density at radius 2 is 2.00 bits per heavy atom. The summed E-state index contributed by atoms with van der Waals surface area (Å²) in [7, 11) is 0. The number of halogens is 1. The van der Waals surface area contributed by atoms with Crippen molar-refractivity contribution in [3.63, 3.8) is 0 Å². The lowest BCUT2D eigenvalue weighted by molar-refractivity contribution is 0.572. The van der Waals surface area contributed by atoms with Crippen molar-refractivity contribution in [2.24, 2.45) is 16.5 Å². The molecule has 2 aromatic rings. The van der Waals surface area contributed by atoms with Crippen LogP contribution in [-0.4, -0.2) is 17.5 Å². The molecule has 6 heteroatoms. The Morgan fingerprint density at radius 3 is 2.67 bits per heavy atom. The average molecular weight is 248 g/mol. The number of guanidine groups is 1. The third-order valence-electron chi connectivity index (χ3n) is 2.31. The van der Waals surface area contributed by atoms with E-state index in [4.69, 9.17) is 15.9 Å². The molecule has 2 rings (SSSR count). The lowest BCUT2D eigenvalue weighted by Crippen LogP contribution is -2.23. The molecule has 0 saturated carbocycles. The van der Waals surface area contributed by atoms with Gasteiger partial charge >= 0.3 is 0 Å². The Morgan fingerprint density at radius 1 is 1.28 bits per heavy atom. The topological polar surface area (TPSA) is 90.4 Å². The molecule has 0 aliphatic heterocycles. The maximum atomic E-state index is 12.8. The third kappa shape index (κ3) is 3.07. The van der Waals surface area contributed by atoms with E-state index in [9.17, 15) is 4.39 Å². The maximum Gasteiger partial charge on any atom is 0.226 e. The van der Waals surface area contributed by atoms with E-state index in [2.05, 4.69) is 9.98 Å². The van der Waals surface area contributed by atoms with Crippen LogP contribution in [0.3, 0.4) is 0 Å². The molecule has 5 nitrogen and oxygen atoms in total. The van der Waals surface area contributed by atoms with Crippen molar-refractivity contribution >= 4 is 5.96 Å². The van der Waals surface area contributed by atoms with Crippen LogP contribution in [0.5, 0.6) is 0 Å². The van der Waals surface area contributed by atoms with E-state index in [1.54, 1.807) is 18.4 Å². The minimum absolute atomic E-state index is 0.0530. The molecular formula is C12H13FN4O. The van der Waals surface area contributed by atoms with Crippen molar-refractivity contribution in [3.8, 4) is 11.5 Å². The predicted molar refractivity (Wildman–Crippen MR) is 66.3 cm³/mol. The van der Waals surface area contributed by atoms with Gasteiger partial charge in [-0.3, -0.25) is 4.99 Å². The summed E-state index contributed by atoms with van der Waals surface area (Å²) in [6, 6.07) is 5.94. The molecule has 0 aliphatic rings. The Kier molecular flexibility index (Phi) is 3.57. The SMILES string of the molecule is NC(N)=NCCc1coc(-c2ccc(F)cc2)n1. The van der Waals surface area contributed by atoms with Crippen LogP contribution < -0.4 is 11.5 Å². The minimum Gasteiger partial charge on any atom is -0.444 e. The first kappa shape index (κ1) is 12.1. The number of benzene rings is 1. The van der Waals surface area contributed by atoms with Crippen LogP contribution in [0.25, 0.3) is 11.5 Å². The molecule has 0 bridgehead atoms. The van der Waals surface area contributed by atoms with Gasteiger partial charge < -0.3 is 15.9 Å². The summed E-state index contributed by atoms with van der Waals surface area (Å²) < 4.78 is 18.1. The van der Waals surface area contributed by atoms with Gasteiger partial charge in [-0.2, -0.15) is 0 Å². The van der Waals surface area contributed by atoms with E-state index in [0.29, 0.717) is 18.9 Å². The van der Waals surface area contributed by atoms with Crippen LogP contribution in [-0.2, 0) is 6.42 Å². The number of aliphatic imine (C=N–C) groups is 1. The summed E-state index contributed by atoms with van der Waals surface area (Å²) in [6.45, 7) is 0.456. The van der Waals surface area contributed by atoms with E-state index in [0.717, 1.165) is 11.3 Å². The van der Waals surface area contributed by atoms with Crippen molar-refractivity contribution in [1.82, 2.24) is 4.98 Å². The van der Waals surface area contributed by atoms with E-state index < -0.39 is 0 Å². The summed E-state index contributed by atoms with van der Waals surface area (Å²) in [5, 5.41) is 0. The zero-order valence-electron chi connectivity index (χ0n) is 9.64. The lowest BCUT2D eigenvalue weighted by Gasteiger charge is -1.94. The minimum atomic E-state index is -0.293. The lowest BCUT2D eigenvalue weighted by atomic mass is 10.2. The Labute approximate surface area is 103 Å². The van der Waals surface area contributed by atoms with Crippen molar-refractivity contribution < 1.29 is 8.81 Å². The van der Waals surface area contributed by atoms with E-state index in [-0.39, 0.29) is 11.8 Å². The molecule has 4 N–H and O–H groups in total. The van der Waals surface area contributed by atoms with E-state index in [1.165, 1.54) is 12.1 Å². The van der Waals surface area contributed by atoms with Crippen molar-refractivity contribution in [2.75, 3.05) is 6.54 Å². The predicted octanol–water partition coefficient (Wildman–Crippen LogP) is 1.30. The smallest absolute Gasteiger partial charge is 0.226 e. The Bertz CT molecular complexity index is 543. The van der Waals surface area contributed by atoms with Crippen LogP contribution in [0.2, 0.25) is 0 Å². The maximum absolute atomic E-state index is 12.8. The second kappa shape index (κ2) is 5.31. The number of nitrogens with zero attached hydrogens (tertiary/aromatic N) is 2. The molecule has 1 aromatic heterocycles. The van der Waals surface area contributed by atoms with Crippen LogP contribution in [0.4, 0.5) is 4.39 Å². The fourth-order valence-corrected chi connectivity index (χ4v) is 1.45. The first-order valence-electron chi connectivity index (χ1n) is 5.41. The van der Waals surface area contributed by atoms with Crippen molar-refractivity contribution in [1.29, 1.82) is 0 Å². The van der Waals surface area contributed by atoms with Gasteiger partial charge in [-0.1, -0.05) is 0 Å². The molecule has 0 saturated heterocycles. The Balaban J connectivity index is 2.06. The Hall–Kier alpha value is -2.37. The van der Waals surface area contributed by atoms with Gasteiger partial charge in [0.05, 0.1) is 5.69 Å². The number of hydrogen-bond acceptors (Lipinski definition) is 3. The molecule has 0 atom stereocenters. The first-order chi connectivity index (χ1) is 8.65. The van der Waals surface area contributed by atoms with Gasteiger partial charge in [-0.25, -0.2) is 9.37 Å². The van der Waals surface area contributed by atoms with E-state index in [1.807, 2.05) is 0 Å². The largest absolute Gasteiger partial charge is 0.444 e. The summed E-state index contributed by atoms with van der Waals surface area (Å²) >= 11 is 0. The monoisotopic (exact) mass is 248 g/mol. The third-order valence-corrected chi connectivity index (χ3v) is 2.31. The molecule has 0 amide bonds. The highest BCUT2D eigenvalue weighted by atomic mass is 19.1. The second-order valence-electron chi connectivity index (χ2n) is 3.71. The van der Waals surface area contributed by atoms with Crippen LogP contribution in [0.1, 0.15) is 5.69 Å². The molecule has 94 valence electrons. The molecule has 0 aliphatic carbocycles. The summed E-state index contributed by atoms with van der Waals surface area (Å²) in [4.78, 5) is 8.12. The highest BCUT2D eigenvalue weighted by Crippen LogP contribution is 2.18. The number of rotatable bonds is 4. The van der Waals surface area contributed by atoms with Gasteiger partial charge in [0, 0.05) is 18.5 Å². The molecule has 1 aromatic carbocycles. The molecule has 1 heterocycles. The number of hydrogen-bond donors (Lipinski definition) is 2. The zero-order valence-corrected chi connectivity index (χ0v) is 9.64. The molecule has 0 radical (unpaired) electrons. The summed E-state index contributed by atoms with van der Waals surface area (Å²) in [5.41, 5.74) is 11.9. The summed E-state index contributed by atoms with van der Waals surface area (Å²) in [6.07, 6.45) is 2.13. The van der Waals surface area contributed by atoms with Gasteiger partial charge in [0.25, 0.3) is 0 Å². The van der Waals surface area contributed by atoms with Gasteiger partial charge in [0.1, 0.15) is 12.1 Å². The standard InChI is InChI=1S/C12H13FN4O/c13-9-3-1-8(2-4-9)11-17-10(7-18-11)5-6-16-12(14)15/h1-4,7H,5-6H2,(H4,14,15,16). The van der Waals surface area contributed by atoms with Crippen molar-refractivity contribution in [2.45, 2.75) is 6.42 Å². The highest BCUT2D eigenvalue weighted by Gasteiger charge is 2.06. The number of oxazole rings is 1. The highest BCUT2D eigenvalue weighted by molar-refractivity contribution is 5.75.